The molecule has 4 heteroatoms. The van der Waals surface area contributed by atoms with Crippen LogP contribution in [0.2, 0.25) is 0 Å². The van der Waals surface area contributed by atoms with Gasteiger partial charge in [0.15, 0.2) is 0 Å². The molecule has 0 bridgehead atoms. The Labute approximate surface area is 103 Å². The van der Waals surface area contributed by atoms with Crippen LogP contribution >= 0.6 is 15.9 Å². The van der Waals surface area contributed by atoms with E-state index in [-0.39, 0.29) is 17.5 Å². The molecule has 0 unspecified atom stereocenters. The molecule has 16 heavy (non-hydrogen) atoms. The lowest BCUT2D eigenvalue weighted by atomic mass is 10.1. The molecular formula is C12H15BrFNO. The van der Waals surface area contributed by atoms with Crippen LogP contribution in [0.3, 0.4) is 0 Å². The van der Waals surface area contributed by atoms with E-state index in [0.29, 0.717) is 4.47 Å². The summed E-state index contributed by atoms with van der Waals surface area (Å²) in [6, 6.07) is 4.41. The molecule has 0 spiro atoms. The maximum absolute atomic E-state index is 13.4. The maximum atomic E-state index is 13.4. The van der Waals surface area contributed by atoms with Crippen molar-refractivity contribution in [2.75, 3.05) is 0 Å². The van der Waals surface area contributed by atoms with Crippen LogP contribution in [0.4, 0.5) is 4.39 Å². The molecule has 0 aliphatic heterocycles. The van der Waals surface area contributed by atoms with E-state index < -0.39 is 5.82 Å². The van der Waals surface area contributed by atoms with Gasteiger partial charge in [0.25, 0.3) is 5.91 Å². The monoisotopic (exact) mass is 287 g/mol. The largest absolute Gasteiger partial charge is 0.349 e. The Morgan fingerprint density at radius 2 is 2.25 bits per heavy atom. The summed E-state index contributed by atoms with van der Waals surface area (Å²) < 4.78 is 14.1. The molecule has 1 aromatic carbocycles. The fourth-order valence-electron chi connectivity index (χ4n) is 1.48. The highest BCUT2D eigenvalue weighted by Gasteiger charge is 2.13. The third kappa shape index (κ3) is 3.59. The fraction of sp³-hybridized carbons (Fsp3) is 0.417. The normalized spacial score (nSPS) is 12.2. The average molecular weight is 288 g/mol. The van der Waals surface area contributed by atoms with Crippen molar-refractivity contribution in [2.45, 2.75) is 32.7 Å². The second kappa shape index (κ2) is 5.99. The van der Waals surface area contributed by atoms with Gasteiger partial charge in [0.05, 0.1) is 5.56 Å². The van der Waals surface area contributed by atoms with Crippen molar-refractivity contribution in [3.8, 4) is 0 Å². The summed E-state index contributed by atoms with van der Waals surface area (Å²) >= 11 is 3.21. The number of halogens is 2. The van der Waals surface area contributed by atoms with Gasteiger partial charge < -0.3 is 5.32 Å². The highest BCUT2D eigenvalue weighted by atomic mass is 79.9. The second-order valence-corrected chi connectivity index (χ2v) is 4.70. The zero-order valence-corrected chi connectivity index (χ0v) is 11.0. The number of hydrogen-bond acceptors (Lipinski definition) is 1. The summed E-state index contributed by atoms with van der Waals surface area (Å²) in [5.74, 6) is -0.857. The number of amides is 1. The molecule has 0 radical (unpaired) electrons. The van der Waals surface area contributed by atoms with Gasteiger partial charge in [-0.15, -0.1) is 0 Å². The van der Waals surface area contributed by atoms with Crippen LogP contribution in [0.5, 0.6) is 0 Å². The Hall–Kier alpha value is -0.900. The van der Waals surface area contributed by atoms with Crippen molar-refractivity contribution < 1.29 is 9.18 Å². The molecule has 0 aliphatic carbocycles. The van der Waals surface area contributed by atoms with Crippen LogP contribution in [-0.2, 0) is 0 Å². The molecule has 0 fully saturated rings. The third-order valence-electron chi connectivity index (χ3n) is 2.27. The quantitative estimate of drug-likeness (QED) is 0.902. The van der Waals surface area contributed by atoms with Crippen molar-refractivity contribution in [3.63, 3.8) is 0 Å². The first-order valence-electron chi connectivity index (χ1n) is 5.30. The Morgan fingerprint density at radius 1 is 1.56 bits per heavy atom. The average Bonchev–Trinajstić information content (AvgIpc) is 2.21. The first-order chi connectivity index (χ1) is 7.54. The van der Waals surface area contributed by atoms with E-state index in [1.165, 1.54) is 12.1 Å². The summed E-state index contributed by atoms with van der Waals surface area (Å²) in [4.78, 5) is 11.7. The lowest BCUT2D eigenvalue weighted by Crippen LogP contribution is -2.32. The van der Waals surface area contributed by atoms with Gasteiger partial charge in [-0.25, -0.2) is 4.39 Å². The second-order valence-electron chi connectivity index (χ2n) is 3.79. The van der Waals surface area contributed by atoms with E-state index in [9.17, 15) is 9.18 Å². The number of rotatable bonds is 4. The Morgan fingerprint density at radius 3 is 2.88 bits per heavy atom. The number of nitrogens with one attached hydrogen (secondary N) is 1. The first-order valence-corrected chi connectivity index (χ1v) is 6.09. The predicted octanol–water partition coefficient (Wildman–Crippen LogP) is 3.51. The molecule has 0 aromatic heterocycles. The molecule has 0 saturated heterocycles. The number of benzene rings is 1. The van der Waals surface area contributed by atoms with Crippen molar-refractivity contribution >= 4 is 21.8 Å². The Bertz CT molecular complexity index is 381. The smallest absolute Gasteiger partial charge is 0.254 e. The molecule has 0 heterocycles. The molecular weight excluding hydrogens is 273 g/mol. The van der Waals surface area contributed by atoms with Gasteiger partial charge in [-0.1, -0.05) is 29.3 Å². The minimum absolute atomic E-state index is 0.0656. The Balaban J connectivity index is 2.76. The third-order valence-corrected chi connectivity index (χ3v) is 2.77. The molecule has 1 atom stereocenters. The zero-order chi connectivity index (χ0) is 12.1. The van der Waals surface area contributed by atoms with Crippen molar-refractivity contribution in [1.82, 2.24) is 5.32 Å². The summed E-state index contributed by atoms with van der Waals surface area (Å²) in [7, 11) is 0. The van der Waals surface area contributed by atoms with Gasteiger partial charge in [0.1, 0.15) is 5.82 Å². The van der Waals surface area contributed by atoms with Crippen molar-refractivity contribution in [1.29, 1.82) is 0 Å². The summed E-state index contributed by atoms with van der Waals surface area (Å²) in [5.41, 5.74) is 0.0809. The van der Waals surface area contributed by atoms with Gasteiger partial charge in [-0.3, -0.25) is 4.79 Å². The van der Waals surface area contributed by atoms with E-state index in [4.69, 9.17) is 0 Å². The minimum atomic E-state index is -0.496. The highest BCUT2D eigenvalue weighted by molar-refractivity contribution is 9.10. The van der Waals surface area contributed by atoms with Crippen molar-refractivity contribution in [2.24, 2.45) is 0 Å². The van der Waals surface area contributed by atoms with E-state index in [0.717, 1.165) is 12.8 Å². The van der Waals surface area contributed by atoms with Crippen LogP contribution in [0.25, 0.3) is 0 Å². The van der Waals surface area contributed by atoms with Gasteiger partial charge in [-0.05, 0) is 31.5 Å². The first kappa shape index (κ1) is 13.2. The topological polar surface area (TPSA) is 29.1 Å². The lowest BCUT2D eigenvalue weighted by molar-refractivity contribution is 0.0934. The predicted molar refractivity (Wildman–Crippen MR) is 65.9 cm³/mol. The molecule has 1 rings (SSSR count). The van der Waals surface area contributed by atoms with E-state index in [1.54, 1.807) is 6.07 Å². The summed E-state index contributed by atoms with van der Waals surface area (Å²) in [6.07, 6.45) is 1.88. The molecule has 1 amide bonds. The SMILES string of the molecule is CCC[C@@H](C)NC(=O)c1cc(Br)ccc1F. The van der Waals surface area contributed by atoms with Gasteiger partial charge in [0, 0.05) is 10.5 Å². The molecule has 1 N–H and O–H groups in total. The standard InChI is InChI=1S/C12H15BrFNO/c1-3-4-8(2)15-12(16)10-7-9(13)5-6-11(10)14/h5-8H,3-4H2,1-2H3,(H,15,16)/t8-/m1/s1. The molecule has 0 saturated carbocycles. The van der Waals surface area contributed by atoms with Crippen LogP contribution in [0, 0.1) is 5.82 Å². The van der Waals surface area contributed by atoms with Crippen LogP contribution in [-0.4, -0.2) is 11.9 Å². The van der Waals surface area contributed by atoms with Crippen LogP contribution in [0.15, 0.2) is 22.7 Å². The van der Waals surface area contributed by atoms with Crippen molar-refractivity contribution in [3.05, 3.63) is 34.1 Å². The van der Waals surface area contributed by atoms with Gasteiger partial charge in [-0.2, -0.15) is 0 Å². The highest BCUT2D eigenvalue weighted by Crippen LogP contribution is 2.15. The van der Waals surface area contributed by atoms with Crippen LogP contribution < -0.4 is 5.32 Å². The van der Waals surface area contributed by atoms with Gasteiger partial charge in [0.2, 0.25) is 0 Å². The zero-order valence-electron chi connectivity index (χ0n) is 9.39. The molecule has 2 nitrogen and oxygen atoms in total. The molecule has 1 aromatic rings. The van der Waals surface area contributed by atoms with Crippen LogP contribution in [0.1, 0.15) is 37.0 Å². The summed E-state index contributed by atoms with van der Waals surface area (Å²) in [5, 5.41) is 2.77. The van der Waals surface area contributed by atoms with E-state index in [1.807, 2.05) is 13.8 Å². The number of hydrogen-bond donors (Lipinski definition) is 1. The Kier molecular flexibility index (Phi) is 4.93. The van der Waals surface area contributed by atoms with E-state index in [2.05, 4.69) is 21.2 Å². The lowest BCUT2D eigenvalue weighted by Gasteiger charge is -2.13. The minimum Gasteiger partial charge on any atom is -0.349 e. The molecule has 0 aliphatic rings. The van der Waals surface area contributed by atoms with E-state index >= 15 is 0 Å². The van der Waals surface area contributed by atoms with Gasteiger partial charge >= 0.3 is 0 Å². The fourth-order valence-corrected chi connectivity index (χ4v) is 1.84. The summed E-state index contributed by atoms with van der Waals surface area (Å²) in [6.45, 7) is 3.96. The molecule has 88 valence electrons. The maximum Gasteiger partial charge on any atom is 0.254 e. The number of carbonyl (C=O) groups is 1. The number of carbonyl (C=O) groups excluding carboxylic acids is 1.